The van der Waals surface area contributed by atoms with Gasteiger partial charge in [0.1, 0.15) is 17.3 Å². The molecule has 1 amide bonds. The number of aliphatic carboxylic acids is 1. The monoisotopic (exact) mass is 914 g/mol. The predicted octanol–water partition coefficient (Wildman–Crippen LogP) is 2.97. The summed E-state index contributed by atoms with van der Waals surface area (Å²) in [6.45, 7) is 9.36. The molecule has 1 aliphatic carbocycles. The highest BCUT2D eigenvalue weighted by Crippen LogP contribution is 2.68. The van der Waals surface area contributed by atoms with E-state index in [2.05, 4.69) is 20.9 Å². The van der Waals surface area contributed by atoms with Crippen molar-refractivity contribution in [3.63, 3.8) is 0 Å². The van der Waals surface area contributed by atoms with Gasteiger partial charge in [-0.25, -0.2) is 9.59 Å². The molecular formula is C49H62N4O13. The van der Waals surface area contributed by atoms with Crippen molar-refractivity contribution in [3.05, 3.63) is 70.9 Å². The van der Waals surface area contributed by atoms with Gasteiger partial charge in [-0.1, -0.05) is 44.2 Å². The highest BCUT2D eigenvalue weighted by atomic mass is 16.6. The summed E-state index contributed by atoms with van der Waals surface area (Å²) in [6.07, 6.45) is 4.60. The molecule has 2 saturated heterocycles. The number of carbonyl (C=O) groups is 5. The van der Waals surface area contributed by atoms with Crippen molar-refractivity contribution in [2.24, 2.45) is 11.3 Å². The molecule has 17 heteroatoms. The number of aliphatic hydroxyl groups is 3. The number of fused-ring (bicyclic) bond motifs is 6. The fourth-order valence-electron chi connectivity index (χ4n) is 13.4. The minimum atomic E-state index is -2.53. The Labute approximate surface area is 383 Å². The number of methoxy groups -OCH3 is 3. The van der Waals surface area contributed by atoms with Gasteiger partial charge in [-0.05, 0) is 81.2 Å². The van der Waals surface area contributed by atoms with Crippen LogP contribution < -0.4 is 9.64 Å². The Kier molecular flexibility index (Phi) is 12.2. The van der Waals surface area contributed by atoms with Crippen LogP contribution >= 0.6 is 0 Å². The number of anilines is 1. The van der Waals surface area contributed by atoms with Crippen LogP contribution in [0.15, 0.2) is 48.6 Å². The Morgan fingerprint density at radius 1 is 0.970 bits per heavy atom. The van der Waals surface area contributed by atoms with E-state index in [0.717, 1.165) is 16.5 Å². The number of H-pyrrole nitrogens is 1. The molecule has 1 saturated carbocycles. The lowest BCUT2D eigenvalue weighted by Gasteiger charge is -2.63. The molecule has 11 atom stereocenters. The maximum Gasteiger partial charge on any atom is 0.344 e. The summed E-state index contributed by atoms with van der Waals surface area (Å²) in [5, 5.41) is 42.0. The molecule has 66 heavy (non-hydrogen) atoms. The Bertz CT molecular complexity index is 2470. The van der Waals surface area contributed by atoms with Crippen LogP contribution in [0.1, 0.15) is 82.2 Å². The average Bonchev–Trinajstić information content (AvgIpc) is 3.98. The van der Waals surface area contributed by atoms with Gasteiger partial charge in [-0.2, -0.15) is 0 Å². The van der Waals surface area contributed by atoms with Crippen LogP contribution in [0.5, 0.6) is 5.75 Å². The van der Waals surface area contributed by atoms with Crippen molar-refractivity contribution in [2.45, 2.75) is 113 Å². The number of para-hydroxylation sites is 1. The number of aromatic amines is 1. The normalized spacial score (nSPS) is 34.4. The minimum Gasteiger partial charge on any atom is -0.496 e. The fourth-order valence-corrected chi connectivity index (χ4v) is 13.4. The van der Waals surface area contributed by atoms with Crippen molar-refractivity contribution in [2.75, 3.05) is 59.0 Å². The maximum absolute atomic E-state index is 15.3. The summed E-state index contributed by atoms with van der Waals surface area (Å²) >= 11 is 0. The van der Waals surface area contributed by atoms with Gasteiger partial charge in [0.2, 0.25) is 12.0 Å². The van der Waals surface area contributed by atoms with Crippen molar-refractivity contribution in [1.29, 1.82) is 0 Å². The third-order valence-electron chi connectivity index (χ3n) is 15.9. The number of nitrogens with one attached hydrogen (secondary N) is 1. The number of hydrogen-bond acceptors (Lipinski definition) is 14. The Hall–Kier alpha value is -5.33. The molecule has 0 radical (unpaired) electrons. The molecule has 17 nitrogen and oxygen atoms in total. The second kappa shape index (κ2) is 17.1. The fraction of sp³-hybridized carbons (Fsp3) is 0.571. The van der Waals surface area contributed by atoms with Crippen LogP contribution in [0.2, 0.25) is 0 Å². The van der Waals surface area contributed by atoms with E-state index in [-0.39, 0.29) is 12.3 Å². The number of hydrogen-bond donors (Lipinski definition) is 5. The summed E-state index contributed by atoms with van der Waals surface area (Å²) < 4.78 is 23.7. The maximum atomic E-state index is 15.3. The van der Waals surface area contributed by atoms with Gasteiger partial charge in [-0.15, -0.1) is 0 Å². The van der Waals surface area contributed by atoms with Crippen molar-refractivity contribution >= 4 is 46.9 Å². The topological polar surface area (TPSA) is 229 Å². The highest BCUT2D eigenvalue weighted by Gasteiger charge is 2.81. The lowest BCUT2D eigenvalue weighted by atomic mass is 9.47. The molecule has 3 aromatic rings. The predicted molar refractivity (Wildman–Crippen MR) is 240 cm³/mol. The highest BCUT2D eigenvalue weighted by molar-refractivity contribution is 5.96. The number of aliphatic hydroxyl groups excluding tert-OH is 1. The van der Waals surface area contributed by atoms with Crippen LogP contribution in [-0.2, 0) is 55.4 Å². The van der Waals surface area contributed by atoms with E-state index < -0.39 is 75.6 Å². The average molecular weight is 915 g/mol. The smallest absolute Gasteiger partial charge is 0.344 e. The molecule has 6 aliphatic rings. The van der Waals surface area contributed by atoms with E-state index in [1.807, 2.05) is 50.3 Å². The number of carboxylic acids is 1. The van der Waals surface area contributed by atoms with E-state index in [1.165, 1.54) is 40.1 Å². The SMILES string of the molecule is CC(O)C(=O)O.CC[C@]1(O)C[C@H]2CN(CCc3c([nH]c4ccccc34)[C@@](C(=O)OC)(c3cc4c(cc3OC)N(C=O)[C@H]3[C@@](O)(C(=O)OC)[C@H](OC(C)=O)[C@]5(CC)C=CCN6CC[C@]43[C@@H]65)C2)C1. The molecule has 2 unspecified atom stereocenters. The Morgan fingerprint density at radius 2 is 1.68 bits per heavy atom. The molecule has 1 aromatic heterocycles. The van der Waals surface area contributed by atoms with Crippen molar-refractivity contribution < 1.29 is 63.3 Å². The third kappa shape index (κ3) is 6.70. The van der Waals surface area contributed by atoms with Crippen LogP contribution in [-0.4, -0.2) is 155 Å². The van der Waals surface area contributed by atoms with Gasteiger partial charge in [0, 0.05) is 78.2 Å². The molecule has 5 aliphatic heterocycles. The number of amides is 1. The summed E-state index contributed by atoms with van der Waals surface area (Å²) in [7, 11) is 4.09. The van der Waals surface area contributed by atoms with E-state index in [4.69, 9.17) is 29.2 Å². The molecule has 5 N–H and O–H groups in total. The molecule has 356 valence electrons. The summed E-state index contributed by atoms with van der Waals surface area (Å²) in [6, 6.07) is 9.97. The van der Waals surface area contributed by atoms with Gasteiger partial charge in [0.15, 0.2) is 6.10 Å². The number of ether oxygens (including phenoxy) is 4. The van der Waals surface area contributed by atoms with Gasteiger partial charge in [0.25, 0.3) is 0 Å². The van der Waals surface area contributed by atoms with Crippen LogP contribution in [0.25, 0.3) is 10.9 Å². The number of benzene rings is 2. The molecule has 6 heterocycles. The number of rotatable bonds is 9. The zero-order valence-electron chi connectivity index (χ0n) is 38.7. The minimum absolute atomic E-state index is 0.155. The Morgan fingerprint density at radius 3 is 2.30 bits per heavy atom. The second-order valence-electron chi connectivity index (χ2n) is 19.1. The van der Waals surface area contributed by atoms with Gasteiger partial charge in [0.05, 0.1) is 38.7 Å². The quantitative estimate of drug-likeness (QED) is 0.0900. The zero-order valence-corrected chi connectivity index (χ0v) is 38.7. The molecule has 1 spiro atoms. The number of esters is 3. The second-order valence-corrected chi connectivity index (χ2v) is 19.1. The first kappa shape index (κ1) is 47.2. The van der Waals surface area contributed by atoms with E-state index in [0.29, 0.717) is 99.5 Å². The molecular weight excluding hydrogens is 853 g/mol. The summed E-state index contributed by atoms with van der Waals surface area (Å²) in [5.74, 6) is -3.25. The first-order valence-corrected chi connectivity index (χ1v) is 22.8. The Balaban J connectivity index is 0.000000926. The number of carbonyl (C=O) groups excluding carboxylic acids is 4. The van der Waals surface area contributed by atoms with Crippen molar-refractivity contribution in [1.82, 2.24) is 14.8 Å². The summed E-state index contributed by atoms with van der Waals surface area (Å²) in [4.78, 5) is 75.6. The van der Waals surface area contributed by atoms with Gasteiger partial charge < -0.3 is 49.3 Å². The lowest BCUT2D eigenvalue weighted by Crippen LogP contribution is -2.81. The lowest BCUT2D eigenvalue weighted by molar-refractivity contribution is -0.228. The standard InChI is InChI=1S/C46H56N4O10.C3H6O3/c1-7-42(55)22-28-23-45(40(53)58-5,36-30(14-18-48(24-28)25-42)29-12-9-10-13-33(29)47-36)32-20-31-34(21-35(32)57-4)50(26-51)38-44(31)16-19-49-17-11-15-43(8-2,37(44)49)39(60-27(3)52)46(38,56)41(54)59-6;1-2(4)3(5)6/h9-13,15,20-21,26,28,37-39,47,55-56H,7-8,14,16-19,22-25H2,1-6H3;2,4H,1H3,(H,5,6)/t28-,37+,38-,39-,42+,43-,44-,45+,46+;/m1./s1. The number of aromatic nitrogens is 1. The molecule has 3 fully saturated rings. The van der Waals surface area contributed by atoms with Crippen LogP contribution in [0.4, 0.5) is 5.69 Å². The molecule has 9 rings (SSSR count). The first-order valence-electron chi connectivity index (χ1n) is 22.8. The van der Waals surface area contributed by atoms with E-state index in [9.17, 15) is 29.4 Å². The van der Waals surface area contributed by atoms with Crippen molar-refractivity contribution in [3.8, 4) is 5.75 Å². The number of piperidine rings is 1. The largest absolute Gasteiger partial charge is 0.496 e. The van der Waals surface area contributed by atoms with Gasteiger partial charge in [-0.3, -0.25) is 24.2 Å². The number of nitrogens with zero attached hydrogens (tertiary/aromatic N) is 3. The van der Waals surface area contributed by atoms with E-state index in [1.54, 1.807) is 6.07 Å². The van der Waals surface area contributed by atoms with Crippen LogP contribution in [0, 0.1) is 11.3 Å². The third-order valence-corrected chi connectivity index (χ3v) is 15.9. The van der Waals surface area contributed by atoms with E-state index >= 15 is 4.79 Å². The number of carboxylic acid groups (broad SMARTS) is 1. The molecule has 2 aromatic carbocycles. The molecule has 2 bridgehead atoms. The summed E-state index contributed by atoms with van der Waals surface area (Å²) in [5.41, 5.74) is -3.15. The first-order chi connectivity index (χ1) is 31.4. The van der Waals surface area contributed by atoms with Crippen LogP contribution in [0.3, 0.4) is 0 Å². The van der Waals surface area contributed by atoms with Gasteiger partial charge >= 0.3 is 23.9 Å². The zero-order chi connectivity index (χ0) is 47.7.